The van der Waals surface area contributed by atoms with E-state index in [4.69, 9.17) is 18.5 Å². The first kappa shape index (κ1) is 42.0. The van der Waals surface area contributed by atoms with Crippen LogP contribution in [0.4, 0.5) is 0 Å². The number of phosphoric ester groups is 1. The third-order valence-corrected chi connectivity index (χ3v) is 8.40. The Kier molecular flexibility index (Phi) is 26.7. The van der Waals surface area contributed by atoms with Gasteiger partial charge in [0.15, 0.2) is 6.10 Å². The number of hydrogen-bond acceptors (Lipinski definition) is 8. The minimum Gasteiger partial charge on any atom is -0.756 e. The predicted molar refractivity (Wildman–Crippen MR) is 172 cm³/mol. The Hall–Kier alpha value is -0.990. The highest BCUT2D eigenvalue weighted by Crippen LogP contribution is 2.38. The molecule has 0 spiro atoms. The molecule has 0 saturated carbocycles. The fourth-order valence-corrected chi connectivity index (χ4v) is 5.36. The Morgan fingerprint density at radius 3 is 1.51 bits per heavy atom. The summed E-state index contributed by atoms with van der Waals surface area (Å²) in [5.74, 6) is -0.927. The van der Waals surface area contributed by atoms with Crippen molar-refractivity contribution in [2.75, 3.05) is 47.5 Å². The molecule has 0 aliphatic carbocycles. The van der Waals surface area contributed by atoms with Gasteiger partial charge >= 0.3 is 11.9 Å². The van der Waals surface area contributed by atoms with Crippen LogP contribution >= 0.6 is 7.82 Å². The zero-order valence-electron chi connectivity index (χ0n) is 28.4. The van der Waals surface area contributed by atoms with Gasteiger partial charge in [-0.25, -0.2) is 0 Å². The lowest BCUT2D eigenvalue weighted by Crippen LogP contribution is -2.37. The van der Waals surface area contributed by atoms with Gasteiger partial charge < -0.3 is 27.9 Å². The number of hydrogen-bond donors (Lipinski definition) is 0. The summed E-state index contributed by atoms with van der Waals surface area (Å²) in [6.45, 7) is 3.63. The van der Waals surface area contributed by atoms with Gasteiger partial charge in [0.1, 0.15) is 19.8 Å². The molecule has 0 radical (unpaired) electrons. The van der Waals surface area contributed by atoms with E-state index >= 15 is 0 Å². The molecule has 43 heavy (non-hydrogen) atoms. The van der Waals surface area contributed by atoms with Crippen LogP contribution < -0.4 is 4.89 Å². The van der Waals surface area contributed by atoms with Gasteiger partial charge in [-0.15, -0.1) is 0 Å². The number of rotatable bonds is 31. The summed E-state index contributed by atoms with van der Waals surface area (Å²) in [6, 6.07) is 0. The van der Waals surface area contributed by atoms with Gasteiger partial charge in [0.05, 0.1) is 27.7 Å². The van der Waals surface area contributed by atoms with Gasteiger partial charge in [0.2, 0.25) is 0 Å². The van der Waals surface area contributed by atoms with Gasteiger partial charge in [-0.05, 0) is 6.42 Å². The summed E-state index contributed by atoms with van der Waals surface area (Å²) in [5, 5.41) is 0. The second kappa shape index (κ2) is 27.3. The molecule has 2 unspecified atom stereocenters. The van der Waals surface area contributed by atoms with Crippen molar-refractivity contribution in [3.05, 3.63) is 0 Å². The van der Waals surface area contributed by atoms with Crippen molar-refractivity contribution in [2.24, 2.45) is 0 Å². The second-order valence-corrected chi connectivity index (χ2v) is 14.3. The van der Waals surface area contributed by atoms with Crippen molar-refractivity contribution < 1.29 is 42.1 Å². The quantitative estimate of drug-likeness (QED) is 0.0327. The lowest BCUT2D eigenvalue weighted by Gasteiger charge is -2.28. The van der Waals surface area contributed by atoms with E-state index in [1.807, 2.05) is 21.1 Å². The van der Waals surface area contributed by atoms with Crippen LogP contribution in [0.5, 0.6) is 0 Å². The van der Waals surface area contributed by atoms with E-state index in [1.165, 1.54) is 103 Å². The summed E-state index contributed by atoms with van der Waals surface area (Å²) in [7, 11) is 1.17. The molecule has 0 heterocycles. The monoisotopic (exact) mass is 635 g/mol. The van der Waals surface area contributed by atoms with Crippen LogP contribution in [-0.2, 0) is 32.7 Å². The van der Waals surface area contributed by atoms with Crippen molar-refractivity contribution in [3.63, 3.8) is 0 Å². The fourth-order valence-electron chi connectivity index (χ4n) is 4.63. The molecule has 0 fully saturated rings. The molecule has 0 amide bonds. The van der Waals surface area contributed by atoms with E-state index in [0.717, 1.165) is 12.8 Å². The smallest absolute Gasteiger partial charge is 0.306 e. The molecule has 0 bridgehead atoms. The number of esters is 2. The first-order valence-corrected chi connectivity index (χ1v) is 18.7. The van der Waals surface area contributed by atoms with Crippen LogP contribution in [0.3, 0.4) is 0 Å². The maximum absolute atomic E-state index is 12.4. The van der Waals surface area contributed by atoms with Gasteiger partial charge in [-0.3, -0.25) is 14.2 Å². The van der Waals surface area contributed by atoms with Crippen LogP contribution in [-0.4, -0.2) is 70.0 Å². The number of ether oxygens (including phenoxy) is 2. The molecule has 256 valence electrons. The zero-order valence-corrected chi connectivity index (χ0v) is 29.3. The van der Waals surface area contributed by atoms with Crippen LogP contribution in [0.1, 0.15) is 149 Å². The third-order valence-electron chi connectivity index (χ3n) is 7.43. The summed E-state index contributed by atoms with van der Waals surface area (Å²) in [4.78, 5) is 36.0. The highest BCUT2D eigenvalue weighted by Gasteiger charge is 2.21. The first-order valence-electron chi connectivity index (χ1n) is 17.2. The molecule has 0 aromatic carbocycles. The SMILES string of the molecule is CCCCCCCCCCCCCCCCCCCCCC(=O)OC(COC(=O)CC)COP(=O)([O-])OCC[N+](C)(C)C. The number of phosphoric acid groups is 1. The van der Waals surface area contributed by atoms with Crippen LogP contribution in [0.25, 0.3) is 0 Å². The lowest BCUT2D eigenvalue weighted by atomic mass is 10.0. The Labute approximate surface area is 264 Å². The largest absolute Gasteiger partial charge is 0.756 e. The molecule has 0 saturated heterocycles. The molecule has 0 N–H and O–H groups in total. The molecule has 9 nitrogen and oxygen atoms in total. The average Bonchev–Trinajstić information content (AvgIpc) is 2.94. The van der Waals surface area contributed by atoms with Crippen molar-refractivity contribution in [2.45, 2.75) is 155 Å². The second-order valence-electron chi connectivity index (χ2n) is 12.9. The van der Waals surface area contributed by atoms with Gasteiger partial charge in [0, 0.05) is 12.8 Å². The lowest BCUT2D eigenvalue weighted by molar-refractivity contribution is -0.870. The van der Waals surface area contributed by atoms with Crippen molar-refractivity contribution in [1.29, 1.82) is 0 Å². The summed E-state index contributed by atoms with van der Waals surface area (Å²) < 4.78 is 32.9. The van der Waals surface area contributed by atoms with Gasteiger partial charge in [0.25, 0.3) is 7.82 Å². The van der Waals surface area contributed by atoms with E-state index in [1.54, 1.807) is 6.92 Å². The molecule has 0 aromatic heterocycles. The molecular formula is C33H66NO8P. The maximum Gasteiger partial charge on any atom is 0.306 e. The average molecular weight is 636 g/mol. The van der Waals surface area contributed by atoms with Crippen molar-refractivity contribution in [1.82, 2.24) is 0 Å². The zero-order chi connectivity index (χ0) is 32.2. The Morgan fingerprint density at radius 1 is 0.651 bits per heavy atom. The minimum absolute atomic E-state index is 0.0288. The first-order chi connectivity index (χ1) is 20.5. The summed E-state index contributed by atoms with van der Waals surface area (Å²) in [5.41, 5.74) is 0. The van der Waals surface area contributed by atoms with E-state index in [-0.39, 0.29) is 26.1 Å². The van der Waals surface area contributed by atoms with E-state index in [0.29, 0.717) is 17.4 Å². The normalized spacial score (nSPS) is 13.9. The summed E-state index contributed by atoms with van der Waals surface area (Å²) in [6.07, 6.45) is 23.7. The number of carbonyl (C=O) groups is 2. The molecule has 0 aliphatic heterocycles. The highest BCUT2D eigenvalue weighted by atomic mass is 31.2. The number of carbonyl (C=O) groups excluding carboxylic acids is 2. The van der Waals surface area contributed by atoms with Crippen molar-refractivity contribution >= 4 is 19.8 Å². The van der Waals surface area contributed by atoms with E-state index in [9.17, 15) is 19.0 Å². The predicted octanol–water partition coefficient (Wildman–Crippen LogP) is 7.88. The number of unbranched alkanes of at least 4 members (excludes halogenated alkanes) is 18. The molecular weight excluding hydrogens is 569 g/mol. The standard InChI is InChI=1S/C33H66NO8P/c1-6-8-9-10-11-12-13-14-15-16-17-18-19-20-21-22-23-24-25-26-33(36)42-31(29-39-32(35)7-2)30-41-43(37,38)40-28-27-34(3,4)5/h31H,6-30H2,1-5H3. The maximum atomic E-state index is 12.4. The molecule has 2 atom stereocenters. The van der Waals surface area contributed by atoms with Crippen LogP contribution in [0, 0.1) is 0 Å². The molecule has 0 rings (SSSR count). The van der Waals surface area contributed by atoms with E-state index in [2.05, 4.69) is 6.92 Å². The van der Waals surface area contributed by atoms with Crippen molar-refractivity contribution in [3.8, 4) is 0 Å². The van der Waals surface area contributed by atoms with Crippen LogP contribution in [0.2, 0.25) is 0 Å². The minimum atomic E-state index is -4.58. The number of quaternary nitrogens is 1. The van der Waals surface area contributed by atoms with Gasteiger partial charge in [-0.1, -0.05) is 129 Å². The third kappa shape index (κ3) is 30.8. The summed E-state index contributed by atoms with van der Waals surface area (Å²) >= 11 is 0. The van der Waals surface area contributed by atoms with Crippen LogP contribution in [0.15, 0.2) is 0 Å². The molecule has 0 aromatic rings. The Morgan fingerprint density at radius 2 is 1.09 bits per heavy atom. The Balaban J connectivity index is 3.92. The number of nitrogens with zero attached hydrogens (tertiary/aromatic N) is 1. The Bertz CT molecular complexity index is 728. The topological polar surface area (TPSA) is 111 Å². The number of likely N-dealkylation sites (N-methyl/N-ethyl adjacent to an activating group) is 1. The highest BCUT2D eigenvalue weighted by molar-refractivity contribution is 7.45. The van der Waals surface area contributed by atoms with Gasteiger partial charge in [-0.2, -0.15) is 0 Å². The van der Waals surface area contributed by atoms with E-state index < -0.39 is 32.5 Å². The molecule has 10 heteroatoms. The fraction of sp³-hybridized carbons (Fsp3) is 0.939. The molecule has 0 aliphatic rings.